The number of pyridine rings is 2. The van der Waals surface area contributed by atoms with Crippen LogP contribution in [0, 0.1) is 0 Å². The van der Waals surface area contributed by atoms with Gasteiger partial charge in [0.1, 0.15) is 5.82 Å². The van der Waals surface area contributed by atoms with E-state index in [0.717, 1.165) is 36.2 Å². The quantitative estimate of drug-likeness (QED) is 0.454. The maximum Gasteiger partial charge on any atom is 0.259 e. The number of hydrogen-bond donors (Lipinski definition) is 3. The van der Waals surface area contributed by atoms with E-state index in [-0.39, 0.29) is 23.3 Å². The largest absolute Gasteiger partial charge is 0.481 e. The number of rotatable bonds is 7. The highest BCUT2D eigenvalue weighted by Gasteiger charge is 2.40. The third-order valence-electron chi connectivity index (χ3n) is 6.97. The minimum atomic E-state index is -0.282. The zero-order chi connectivity index (χ0) is 26.0. The number of hydrogen-bond acceptors (Lipinski definition) is 7. The van der Waals surface area contributed by atoms with Crippen molar-refractivity contribution < 1.29 is 14.3 Å². The average Bonchev–Trinajstić information content (AvgIpc) is 3.54. The van der Waals surface area contributed by atoms with Crippen LogP contribution in [0.3, 0.4) is 0 Å². The molecule has 9 heteroatoms. The summed E-state index contributed by atoms with van der Waals surface area (Å²) in [5.74, 6) is 0.811. The number of anilines is 3. The summed E-state index contributed by atoms with van der Waals surface area (Å²) in [5.41, 5.74) is 3.81. The van der Waals surface area contributed by atoms with Crippen molar-refractivity contribution in [3.8, 4) is 5.88 Å². The van der Waals surface area contributed by atoms with Gasteiger partial charge in [-0.1, -0.05) is 19.9 Å². The fraction of sp³-hybridized carbons (Fsp3) is 0.357. The zero-order valence-electron chi connectivity index (χ0n) is 21.4. The smallest absolute Gasteiger partial charge is 0.259 e. The van der Waals surface area contributed by atoms with Crippen molar-refractivity contribution in [3.63, 3.8) is 0 Å². The van der Waals surface area contributed by atoms with Gasteiger partial charge in [-0.3, -0.25) is 9.59 Å². The molecular formula is C28H32N6O3. The molecule has 0 radical (unpaired) electrons. The first-order valence-corrected chi connectivity index (χ1v) is 12.5. The summed E-state index contributed by atoms with van der Waals surface area (Å²) in [4.78, 5) is 36.9. The van der Waals surface area contributed by atoms with E-state index in [0.29, 0.717) is 36.0 Å². The van der Waals surface area contributed by atoms with E-state index >= 15 is 0 Å². The van der Waals surface area contributed by atoms with E-state index < -0.39 is 0 Å². The van der Waals surface area contributed by atoms with Crippen molar-refractivity contribution in [1.29, 1.82) is 0 Å². The van der Waals surface area contributed by atoms with E-state index in [1.165, 1.54) is 0 Å². The number of aromatic nitrogens is 2. The van der Waals surface area contributed by atoms with Crippen LogP contribution in [0.25, 0.3) is 0 Å². The predicted octanol–water partition coefficient (Wildman–Crippen LogP) is 3.73. The molecule has 0 aliphatic carbocycles. The molecule has 2 amide bonds. The highest BCUT2D eigenvalue weighted by Crippen LogP contribution is 2.42. The number of ether oxygens (including phenoxy) is 1. The summed E-state index contributed by atoms with van der Waals surface area (Å²) in [5, 5.41) is 9.55. The van der Waals surface area contributed by atoms with E-state index in [9.17, 15) is 9.59 Å². The van der Waals surface area contributed by atoms with Crippen LogP contribution in [-0.2, 0) is 16.8 Å². The molecule has 2 aliphatic rings. The molecule has 5 rings (SSSR count). The molecule has 0 bridgehead atoms. The second-order valence-corrected chi connectivity index (χ2v) is 10.1. The van der Waals surface area contributed by atoms with Crippen LogP contribution in [0.1, 0.15) is 48.2 Å². The van der Waals surface area contributed by atoms with Gasteiger partial charge in [-0.15, -0.1) is 0 Å². The SMILES string of the molecule is COc1cc(CNc2ncccc2C(=O)Nc2ccc3c(c2)N(C(=O)C2CCCN2)CC3(C)C)ccn1. The van der Waals surface area contributed by atoms with E-state index in [1.807, 2.05) is 35.2 Å². The topological polar surface area (TPSA) is 108 Å². The lowest BCUT2D eigenvalue weighted by molar-refractivity contribution is -0.120. The molecule has 1 aromatic carbocycles. The summed E-state index contributed by atoms with van der Waals surface area (Å²) in [6.45, 7) is 6.23. The second kappa shape index (κ2) is 10.2. The second-order valence-electron chi connectivity index (χ2n) is 10.1. The lowest BCUT2D eigenvalue weighted by Gasteiger charge is -2.23. The molecule has 1 fully saturated rings. The molecule has 0 saturated carbocycles. The molecule has 0 spiro atoms. The molecule has 1 unspecified atom stereocenters. The third-order valence-corrected chi connectivity index (χ3v) is 6.97. The van der Waals surface area contributed by atoms with Crippen LogP contribution < -0.4 is 25.6 Å². The zero-order valence-corrected chi connectivity index (χ0v) is 21.4. The molecule has 3 N–H and O–H groups in total. The normalized spacial score (nSPS) is 17.8. The number of carbonyl (C=O) groups is 2. The Balaban J connectivity index is 1.34. The van der Waals surface area contributed by atoms with Crippen molar-refractivity contribution in [1.82, 2.24) is 15.3 Å². The van der Waals surface area contributed by atoms with E-state index in [4.69, 9.17) is 4.74 Å². The van der Waals surface area contributed by atoms with E-state index in [2.05, 4.69) is 39.8 Å². The molecule has 2 aromatic heterocycles. The monoisotopic (exact) mass is 500 g/mol. The van der Waals surface area contributed by atoms with Crippen LogP contribution >= 0.6 is 0 Å². The molecule has 4 heterocycles. The van der Waals surface area contributed by atoms with Gasteiger partial charge in [0.2, 0.25) is 11.8 Å². The Morgan fingerprint density at radius 3 is 2.81 bits per heavy atom. The number of carbonyl (C=O) groups excluding carboxylic acids is 2. The van der Waals surface area contributed by atoms with Crippen molar-refractivity contribution in [2.45, 2.75) is 44.7 Å². The number of amides is 2. The molecule has 1 saturated heterocycles. The van der Waals surface area contributed by atoms with Gasteiger partial charge in [-0.25, -0.2) is 9.97 Å². The van der Waals surface area contributed by atoms with E-state index in [1.54, 1.807) is 31.6 Å². The van der Waals surface area contributed by atoms with Gasteiger partial charge in [-0.2, -0.15) is 0 Å². The van der Waals surface area contributed by atoms with Gasteiger partial charge in [0.05, 0.1) is 18.7 Å². The fourth-order valence-corrected chi connectivity index (χ4v) is 5.04. The highest BCUT2D eigenvalue weighted by molar-refractivity contribution is 6.08. The predicted molar refractivity (Wildman–Crippen MR) is 143 cm³/mol. The lowest BCUT2D eigenvalue weighted by atomic mass is 9.87. The summed E-state index contributed by atoms with van der Waals surface area (Å²) in [6, 6.07) is 12.8. The van der Waals surface area contributed by atoms with Crippen LogP contribution in [-0.4, -0.2) is 48.0 Å². The number of fused-ring (bicyclic) bond motifs is 1. The molecular weight excluding hydrogens is 468 g/mol. The molecule has 2 aliphatic heterocycles. The van der Waals surface area contributed by atoms with Crippen LogP contribution in [0.5, 0.6) is 5.88 Å². The Labute approximate surface area is 216 Å². The summed E-state index contributed by atoms with van der Waals surface area (Å²) in [6.07, 6.45) is 5.18. The molecule has 192 valence electrons. The molecule has 3 aromatic rings. The van der Waals surface area contributed by atoms with Crippen molar-refractivity contribution in [2.24, 2.45) is 0 Å². The average molecular weight is 501 g/mol. The van der Waals surface area contributed by atoms with Crippen LogP contribution in [0.15, 0.2) is 54.9 Å². The highest BCUT2D eigenvalue weighted by atomic mass is 16.5. The van der Waals surface area contributed by atoms with Gasteiger partial charge >= 0.3 is 0 Å². The Morgan fingerprint density at radius 2 is 2.03 bits per heavy atom. The van der Waals surface area contributed by atoms with Crippen molar-refractivity contribution >= 4 is 29.0 Å². The van der Waals surface area contributed by atoms with Crippen molar-refractivity contribution in [3.05, 3.63) is 71.5 Å². The number of benzene rings is 1. The Kier molecular flexibility index (Phi) is 6.80. The molecule has 37 heavy (non-hydrogen) atoms. The van der Waals surface area contributed by atoms with Crippen LogP contribution in [0.4, 0.5) is 17.2 Å². The summed E-state index contributed by atoms with van der Waals surface area (Å²) >= 11 is 0. The summed E-state index contributed by atoms with van der Waals surface area (Å²) < 4.78 is 5.18. The van der Waals surface area contributed by atoms with Gasteiger partial charge in [0.25, 0.3) is 5.91 Å². The minimum absolute atomic E-state index is 0.0966. The maximum atomic E-state index is 13.3. The van der Waals surface area contributed by atoms with Gasteiger partial charge in [-0.05, 0) is 60.8 Å². The maximum absolute atomic E-state index is 13.3. The Hall–Kier alpha value is -3.98. The Morgan fingerprint density at radius 1 is 1.16 bits per heavy atom. The van der Waals surface area contributed by atoms with Crippen LogP contribution in [0.2, 0.25) is 0 Å². The van der Waals surface area contributed by atoms with Crippen molar-refractivity contribution in [2.75, 3.05) is 35.7 Å². The number of methoxy groups -OCH3 is 1. The number of nitrogens with zero attached hydrogens (tertiary/aromatic N) is 3. The molecule has 9 nitrogen and oxygen atoms in total. The fourth-order valence-electron chi connectivity index (χ4n) is 5.04. The van der Waals surface area contributed by atoms with Gasteiger partial charge < -0.3 is 25.6 Å². The standard InChI is InChI=1S/C28H32N6O3/c1-28(2)17-34(27(36)22-7-5-11-29-22)23-15-19(8-9-21(23)28)33-26(35)20-6-4-12-31-25(20)32-16-18-10-13-30-24(14-18)37-3/h4,6,8-10,12-15,22,29H,5,7,11,16-17H2,1-3H3,(H,31,32)(H,33,35). The van der Waals surface area contributed by atoms with Gasteiger partial charge in [0.15, 0.2) is 0 Å². The minimum Gasteiger partial charge on any atom is -0.481 e. The lowest BCUT2D eigenvalue weighted by Crippen LogP contribution is -2.44. The number of nitrogens with one attached hydrogen (secondary N) is 3. The first-order valence-electron chi connectivity index (χ1n) is 12.5. The Bertz CT molecular complexity index is 1320. The molecule has 1 atom stereocenters. The third kappa shape index (κ3) is 5.13. The first kappa shape index (κ1) is 24.7. The summed E-state index contributed by atoms with van der Waals surface area (Å²) in [7, 11) is 1.57. The van der Waals surface area contributed by atoms with Gasteiger partial charge in [0, 0.05) is 48.3 Å². The first-order chi connectivity index (χ1) is 17.9.